The van der Waals surface area contributed by atoms with Crippen LogP contribution in [0.4, 0.5) is 13.2 Å². The van der Waals surface area contributed by atoms with Gasteiger partial charge in [-0.3, -0.25) is 9.20 Å². The van der Waals surface area contributed by atoms with E-state index in [9.17, 15) is 18.0 Å². The van der Waals surface area contributed by atoms with Crippen molar-refractivity contribution >= 4 is 11.6 Å². The summed E-state index contributed by atoms with van der Waals surface area (Å²) in [7, 11) is 0. The summed E-state index contributed by atoms with van der Waals surface area (Å²) in [5.41, 5.74) is 0.445. The van der Waals surface area contributed by atoms with Crippen LogP contribution in [0.2, 0.25) is 0 Å². The fourth-order valence-electron chi connectivity index (χ4n) is 3.25. The predicted octanol–water partition coefficient (Wildman–Crippen LogP) is 4.76. The normalized spacial score (nSPS) is 14.2. The van der Waals surface area contributed by atoms with Gasteiger partial charge in [0.25, 0.3) is 0 Å². The third kappa shape index (κ3) is 4.75. The second kappa shape index (κ2) is 8.23. The highest BCUT2D eigenvalue weighted by atomic mass is 19.4. The highest BCUT2D eigenvalue weighted by molar-refractivity contribution is 5.77. The monoisotopic (exact) mass is 404 g/mol. The topological polar surface area (TPSA) is 59.3 Å². The number of carbonyl (C=O) groups is 1. The number of alkyl halides is 3. The van der Waals surface area contributed by atoms with Crippen molar-refractivity contribution in [3.63, 3.8) is 0 Å². The van der Waals surface area contributed by atoms with E-state index in [-0.39, 0.29) is 30.2 Å². The van der Waals surface area contributed by atoms with Crippen LogP contribution in [-0.2, 0) is 11.0 Å². The number of nitrogens with zero attached hydrogens (tertiary/aromatic N) is 3. The van der Waals surface area contributed by atoms with Gasteiger partial charge in [0.15, 0.2) is 11.5 Å². The number of aromatic nitrogens is 3. The molecule has 3 aromatic rings. The van der Waals surface area contributed by atoms with Crippen LogP contribution in [-0.4, -0.2) is 20.5 Å². The summed E-state index contributed by atoms with van der Waals surface area (Å²) >= 11 is 0. The fourth-order valence-corrected chi connectivity index (χ4v) is 3.25. The third-order valence-corrected chi connectivity index (χ3v) is 4.88. The van der Waals surface area contributed by atoms with Gasteiger partial charge in [-0.15, -0.1) is 10.2 Å². The van der Waals surface area contributed by atoms with Crippen molar-refractivity contribution in [3.8, 4) is 0 Å². The second-order valence-corrected chi connectivity index (χ2v) is 7.50. The molecule has 0 fully saturated rings. The predicted molar refractivity (Wildman–Crippen MR) is 103 cm³/mol. The maximum atomic E-state index is 12.9. The number of halogens is 3. The van der Waals surface area contributed by atoms with Crippen molar-refractivity contribution in [2.45, 2.75) is 45.3 Å². The summed E-state index contributed by atoms with van der Waals surface area (Å²) in [6.45, 7) is 5.67. The van der Waals surface area contributed by atoms with E-state index in [1.807, 2.05) is 42.6 Å². The molecule has 0 spiro atoms. The molecule has 0 saturated carbocycles. The van der Waals surface area contributed by atoms with Gasteiger partial charge in [0.2, 0.25) is 5.91 Å². The molecular weight excluding hydrogens is 381 g/mol. The lowest BCUT2D eigenvalue weighted by Gasteiger charge is -2.22. The van der Waals surface area contributed by atoms with Crippen LogP contribution in [0, 0.1) is 5.92 Å². The lowest BCUT2D eigenvalue weighted by molar-refractivity contribution is -0.137. The Balaban J connectivity index is 1.74. The van der Waals surface area contributed by atoms with Crippen molar-refractivity contribution in [3.05, 3.63) is 65.6 Å². The van der Waals surface area contributed by atoms with E-state index in [0.717, 1.165) is 12.1 Å². The van der Waals surface area contributed by atoms with Gasteiger partial charge in [-0.1, -0.05) is 45.0 Å². The van der Waals surface area contributed by atoms with Gasteiger partial charge in [-0.2, -0.15) is 13.2 Å². The molecule has 0 radical (unpaired) electrons. The summed E-state index contributed by atoms with van der Waals surface area (Å²) in [5, 5.41) is 11.3. The summed E-state index contributed by atoms with van der Waals surface area (Å²) in [5.74, 6) is 0.0626. The summed E-state index contributed by atoms with van der Waals surface area (Å²) in [4.78, 5) is 12.7. The van der Waals surface area contributed by atoms with Crippen LogP contribution in [0.1, 0.15) is 56.1 Å². The lowest BCUT2D eigenvalue weighted by atomic mass is 9.95. The van der Waals surface area contributed by atoms with Crippen molar-refractivity contribution in [2.75, 3.05) is 0 Å². The molecule has 8 heteroatoms. The van der Waals surface area contributed by atoms with Crippen LogP contribution in [0.25, 0.3) is 5.65 Å². The first kappa shape index (κ1) is 20.8. The molecule has 1 N–H and O–H groups in total. The standard InChI is InChI=1S/C21H23F3N4O/c1-13(2)19(20-27-26-17-9-4-5-10-28(17)20)25-18(29)11-14(3)15-7-6-8-16(12-15)21(22,23)24/h4-10,12-14,19H,11H2,1-3H3,(H,25,29)/t14-,19+/m1/s1. The molecule has 2 heterocycles. The first-order chi connectivity index (χ1) is 13.7. The van der Waals surface area contributed by atoms with Crippen molar-refractivity contribution in [1.29, 1.82) is 0 Å². The van der Waals surface area contributed by atoms with E-state index in [2.05, 4.69) is 15.5 Å². The molecule has 0 bridgehead atoms. The molecule has 0 saturated heterocycles. The summed E-state index contributed by atoms with van der Waals surface area (Å²) < 4.78 is 40.7. The van der Waals surface area contributed by atoms with Gasteiger partial charge in [0.1, 0.15) is 0 Å². The zero-order chi connectivity index (χ0) is 21.2. The Bertz CT molecular complexity index is 997. The smallest absolute Gasteiger partial charge is 0.346 e. The number of amides is 1. The number of hydrogen-bond acceptors (Lipinski definition) is 3. The maximum absolute atomic E-state index is 12.9. The number of fused-ring (bicyclic) bond motifs is 1. The molecule has 0 unspecified atom stereocenters. The number of benzene rings is 1. The van der Waals surface area contributed by atoms with E-state index < -0.39 is 11.7 Å². The van der Waals surface area contributed by atoms with Crippen LogP contribution < -0.4 is 5.32 Å². The first-order valence-electron chi connectivity index (χ1n) is 9.43. The molecule has 2 atom stereocenters. The molecule has 1 amide bonds. The van der Waals surface area contributed by atoms with Crippen LogP contribution in [0.3, 0.4) is 0 Å². The summed E-state index contributed by atoms with van der Waals surface area (Å²) in [6.07, 6.45) is -2.51. The molecule has 5 nitrogen and oxygen atoms in total. The van der Waals surface area contributed by atoms with Crippen LogP contribution in [0.15, 0.2) is 48.7 Å². The Morgan fingerprint density at radius 3 is 2.55 bits per heavy atom. The zero-order valence-corrected chi connectivity index (χ0v) is 16.4. The number of hydrogen-bond donors (Lipinski definition) is 1. The van der Waals surface area contributed by atoms with Crippen molar-refractivity contribution in [1.82, 2.24) is 19.9 Å². The minimum Gasteiger partial charge on any atom is -0.346 e. The maximum Gasteiger partial charge on any atom is 0.416 e. The van der Waals surface area contributed by atoms with Gasteiger partial charge in [0.05, 0.1) is 11.6 Å². The zero-order valence-electron chi connectivity index (χ0n) is 16.4. The largest absolute Gasteiger partial charge is 0.416 e. The van der Waals surface area contributed by atoms with Crippen molar-refractivity contribution in [2.24, 2.45) is 5.92 Å². The second-order valence-electron chi connectivity index (χ2n) is 7.50. The van der Waals surface area contributed by atoms with Crippen LogP contribution >= 0.6 is 0 Å². The number of pyridine rings is 1. The molecule has 29 heavy (non-hydrogen) atoms. The van der Waals surface area contributed by atoms with Gasteiger partial charge >= 0.3 is 6.18 Å². The van der Waals surface area contributed by atoms with Crippen molar-refractivity contribution < 1.29 is 18.0 Å². The average molecular weight is 404 g/mol. The first-order valence-corrected chi connectivity index (χ1v) is 9.43. The number of carbonyl (C=O) groups excluding carboxylic acids is 1. The molecule has 0 aliphatic rings. The third-order valence-electron chi connectivity index (χ3n) is 4.88. The molecule has 1 aromatic carbocycles. The Kier molecular flexibility index (Phi) is 5.91. The Morgan fingerprint density at radius 1 is 1.10 bits per heavy atom. The highest BCUT2D eigenvalue weighted by Gasteiger charge is 2.31. The Morgan fingerprint density at radius 2 is 1.86 bits per heavy atom. The van der Waals surface area contributed by atoms with Gasteiger partial charge in [-0.05, 0) is 35.6 Å². The minimum absolute atomic E-state index is 0.0513. The van der Waals surface area contributed by atoms with E-state index >= 15 is 0 Å². The van der Waals surface area contributed by atoms with Crippen LogP contribution in [0.5, 0.6) is 0 Å². The molecule has 0 aliphatic carbocycles. The SMILES string of the molecule is CC(C)[C@H](NC(=O)C[C@@H](C)c1cccc(C(F)(F)F)c1)c1nnc2ccccn12. The molecule has 3 rings (SSSR count). The van der Waals surface area contributed by atoms with Gasteiger partial charge in [0, 0.05) is 12.6 Å². The number of nitrogens with one attached hydrogen (secondary N) is 1. The summed E-state index contributed by atoms with van der Waals surface area (Å²) in [6, 6.07) is 10.3. The van der Waals surface area contributed by atoms with Gasteiger partial charge < -0.3 is 5.32 Å². The molecule has 2 aromatic heterocycles. The minimum atomic E-state index is -4.41. The van der Waals surface area contributed by atoms with E-state index in [1.54, 1.807) is 13.0 Å². The Labute approximate surface area is 167 Å². The Hall–Kier alpha value is -2.90. The molecular formula is C21H23F3N4O. The molecule has 154 valence electrons. The molecule has 0 aliphatic heterocycles. The van der Waals surface area contributed by atoms with E-state index in [4.69, 9.17) is 0 Å². The van der Waals surface area contributed by atoms with E-state index in [1.165, 1.54) is 6.07 Å². The average Bonchev–Trinajstić information content (AvgIpc) is 3.09. The van der Waals surface area contributed by atoms with Gasteiger partial charge in [-0.25, -0.2) is 0 Å². The highest BCUT2D eigenvalue weighted by Crippen LogP contribution is 2.32. The number of rotatable bonds is 6. The fraction of sp³-hybridized carbons (Fsp3) is 0.381. The quantitative estimate of drug-likeness (QED) is 0.645. The van der Waals surface area contributed by atoms with E-state index in [0.29, 0.717) is 17.0 Å². The lowest BCUT2D eigenvalue weighted by Crippen LogP contribution is -2.33.